The van der Waals surface area contributed by atoms with Gasteiger partial charge in [0.15, 0.2) is 0 Å². The molecule has 0 spiro atoms. The second kappa shape index (κ2) is 8.60. The molecular weight excluding hydrogens is 380 g/mol. The third kappa shape index (κ3) is 5.01. The van der Waals surface area contributed by atoms with Crippen molar-refractivity contribution in [2.75, 3.05) is 30.9 Å². The third-order valence-corrected chi connectivity index (χ3v) is 3.98. The van der Waals surface area contributed by atoms with Crippen molar-refractivity contribution in [1.29, 1.82) is 0 Å². The summed E-state index contributed by atoms with van der Waals surface area (Å²) >= 11 is 3.48. The van der Waals surface area contributed by atoms with E-state index in [9.17, 15) is 0 Å². The van der Waals surface area contributed by atoms with Crippen LogP contribution in [0.3, 0.4) is 0 Å². The topological polar surface area (TPSA) is 59.1 Å². The van der Waals surface area contributed by atoms with Gasteiger partial charge in [0.05, 0.1) is 12.3 Å². The van der Waals surface area contributed by atoms with Gasteiger partial charge in [-0.1, -0.05) is 52.3 Å². The fraction of sp³-hybridized carbons (Fsp3) is 0.158. The van der Waals surface area contributed by atoms with Crippen molar-refractivity contribution in [3.8, 4) is 11.3 Å². The molecule has 0 aliphatic heterocycles. The molecular formula is C19H19BrN4O. The Hall–Kier alpha value is -2.44. The maximum Gasteiger partial charge on any atom is 0.229 e. The highest BCUT2D eigenvalue weighted by atomic mass is 79.9. The molecule has 128 valence electrons. The molecule has 0 bridgehead atoms. The molecule has 0 radical (unpaired) electrons. The molecule has 6 heteroatoms. The second-order valence-electron chi connectivity index (χ2n) is 5.38. The summed E-state index contributed by atoms with van der Waals surface area (Å²) < 4.78 is 6.09. The predicted octanol–water partition coefficient (Wildman–Crippen LogP) is 4.71. The summed E-state index contributed by atoms with van der Waals surface area (Å²) in [4.78, 5) is 9.20. The van der Waals surface area contributed by atoms with Gasteiger partial charge in [0.25, 0.3) is 0 Å². The van der Waals surface area contributed by atoms with Crippen LogP contribution in [-0.4, -0.2) is 30.2 Å². The summed E-state index contributed by atoms with van der Waals surface area (Å²) in [5, 5.41) is 6.53. The minimum atomic E-state index is 0.541. The molecule has 2 N–H and O–H groups in total. The van der Waals surface area contributed by atoms with E-state index < -0.39 is 0 Å². The molecule has 3 aromatic rings. The first-order valence-corrected chi connectivity index (χ1v) is 8.74. The van der Waals surface area contributed by atoms with Gasteiger partial charge in [0.2, 0.25) is 5.95 Å². The Morgan fingerprint density at radius 1 is 1.00 bits per heavy atom. The lowest BCUT2D eigenvalue weighted by Gasteiger charge is -2.11. The van der Waals surface area contributed by atoms with Gasteiger partial charge in [-0.05, 0) is 18.2 Å². The average Bonchev–Trinajstić information content (AvgIpc) is 2.63. The first-order chi connectivity index (χ1) is 12.2. The number of nitrogens with one attached hydrogen (secondary N) is 2. The van der Waals surface area contributed by atoms with Gasteiger partial charge in [-0.25, -0.2) is 4.98 Å². The fourth-order valence-electron chi connectivity index (χ4n) is 2.33. The SMILES string of the molecule is COCCNc1cc(-c2ccccc2)nc(Nc2cccc(Br)c2)n1. The summed E-state index contributed by atoms with van der Waals surface area (Å²) in [5.74, 6) is 1.29. The Morgan fingerprint density at radius 3 is 2.60 bits per heavy atom. The molecule has 0 saturated heterocycles. The molecule has 0 amide bonds. The van der Waals surface area contributed by atoms with E-state index in [4.69, 9.17) is 4.74 Å². The molecule has 1 heterocycles. The zero-order chi connectivity index (χ0) is 17.5. The normalized spacial score (nSPS) is 10.5. The van der Waals surface area contributed by atoms with Gasteiger partial charge >= 0.3 is 0 Å². The molecule has 1 aromatic heterocycles. The van der Waals surface area contributed by atoms with Crippen LogP contribution in [0.2, 0.25) is 0 Å². The van der Waals surface area contributed by atoms with E-state index in [2.05, 4.69) is 36.5 Å². The summed E-state index contributed by atoms with van der Waals surface area (Å²) in [5.41, 5.74) is 2.81. The van der Waals surface area contributed by atoms with E-state index in [1.165, 1.54) is 0 Å². The van der Waals surface area contributed by atoms with Crippen molar-refractivity contribution in [3.63, 3.8) is 0 Å². The number of hydrogen-bond acceptors (Lipinski definition) is 5. The van der Waals surface area contributed by atoms with Gasteiger partial charge in [-0.2, -0.15) is 4.98 Å². The van der Waals surface area contributed by atoms with Crippen molar-refractivity contribution in [3.05, 3.63) is 65.1 Å². The van der Waals surface area contributed by atoms with Crippen molar-refractivity contribution >= 4 is 33.4 Å². The summed E-state index contributed by atoms with van der Waals surface area (Å²) in [7, 11) is 1.68. The van der Waals surface area contributed by atoms with Gasteiger partial charge < -0.3 is 15.4 Å². The molecule has 0 fully saturated rings. The van der Waals surface area contributed by atoms with Crippen LogP contribution in [0, 0.1) is 0 Å². The quantitative estimate of drug-likeness (QED) is 0.564. The highest BCUT2D eigenvalue weighted by Crippen LogP contribution is 2.24. The van der Waals surface area contributed by atoms with Crippen LogP contribution >= 0.6 is 15.9 Å². The number of benzene rings is 2. The Balaban J connectivity index is 1.91. The van der Waals surface area contributed by atoms with E-state index in [1.807, 2.05) is 60.7 Å². The molecule has 0 aliphatic carbocycles. The number of rotatable bonds is 7. The minimum absolute atomic E-state index is 0.541. The van der Waals surface area contributed by atoms with E-state index in [0.717, 1.165) is 27.2 Å². The Kier molecular flexibility index (Phi) is 5.98. The lowest BCUT2D eigenvalue weighted by molar-refractivity contribution is 0.210. The number of anilines is 3. The molecule has 0 unspecified atom stereocenters. The molecule has 0 atom stereocenters. The Morgan fingerprint density at radius 2 is 1.84 bits per heavy atom. The van der Waals surface area contributed by atoms with Crippen LogP contribution in [0.15, 0.2) is 65.1 Å². The number of hydrogen-bond donors (Lipinski definition) is 2. The van der Waals surface area contributed by atoms with Crippen molar-refractivity contribution < 1.29 is 4.74 Å². The number of halogens is 1. The lowest BCUT2D eigenvalue weighted by atomic mass is 10.1. The molecule has 2 aromatic carbocycles. The van der Waals surface area contributed by atoms with E-state index in [-0.39, 0.29) is 0 Å². The van der Waals surface area contributed by atoms with E-state index in [0.29, 0.717) is 19.1 Å². The van der Waals surface area contributed by atoms with Crippen molar-refractivity contribution in [2.45, 2.75) is 0 Å². The van der Waals surface area contributed by atoms with E-state index >= 15 is 0 Å². The van der Waals surface area contributed by atoms with Crippen LogP contribution < -0.4 is 10.6 Å². The monoisotopic (exact) mass is 398 g/mol. The minimum Gasteiger partial charge on any atom is -0.383 e. The summed E-state index contributed by atoms with van der Waals surface area (Å²) in [6, 6.07) is 19.9. The smallest absolute Gasteiger partial charge is 0.229 e. The van der Waals surface area contributed by atoms with Crippen LogP contribution in [0.5, 0.6) is 0 Å². The van der Waals surface area contributed by atoms with Crippen LogP contribution in [0.1, 0.15) is 0 Å². The van der Waals surface area contributed by atoms with Gasteiger partial charge in [-0.3, -0.25) is 0 Å². The van der Waals surface area contributed by atoms with Crippen molar-refractivity contribution in [1.82, 2.24) is 9.97 Å². The number of ether oxygens (including phenoxy) is 1. The molecule has 0 saturated carbocycles. The Labute approximate surface area is 155 Å². The van der Waals surface area contributed by atoms with Crippen LogP contribution in [0.25, 0.3) is 11.3 Å². The van der Waals surface area contributed by atoms with Gasteiger partial charge in [-0.15, -0.1) is 0 Å². The van der Waals surface area contributed by atoms with Gasteiger partial charge in [0, 0.05) is 35.4 Å². The van der Waals surface area contributed by atoms with Crippen molar-refractivity contribution in [2.24, 2.45) is 0 Å². The van der Waals surface area contributed by atoms with Gasteiger partial charge in [0.1, 0.15) is 5.82 Å². The zero-order valence-corrected chi connectivity index (χ0v) is 15.5. The highest BCUT2D eigenvalue weighted by Gasteiger charge is 2.07. The average molecular weight is 399 g/mol. The largest absolute Gasteiger partial charge is 0.383 e. The summed E-state index contributed by atoms with van der Waals surface area (Å²) in [6.07, 6.45) is 0. The number of aromatic nitrogens is 2. The second-order valence-corrected chi connectivity index (χ2v) is 6.30. The zero-order valence-electron chi connectivity index (χ0n) is 13.9. The van der Waals surface area contributed by atoms with Crippen LogP contribution in [-0.2, 0) is 4.74 Å². The first kappa shape index (κ1) is 17.4. The number of methoxy groups -OCH3 is 1. The molecule has 3 rings (SSSR count). The maximum absolute atomic E-state index is 5.09. The molecule has 25 heavy (non-hydrogen) atoms. The fourth-order valence-corrected chi connectivity index (χ4v) is 2.73. The van der Waals surface area contributed by atoms with E-state index in [1.54, 1.807) is 7.11 Å². The molecule has 5 nitrogen and oxygen atoms in total. The third-order valence-electron chi connectivity index (χ3n) is 3.49. The predicted molar refractivity (Wildman–Crippen MR) is 105 cm³/mol. The first-order valence-electron chi connectivity index (χ1n) is 7.94. The standard InChI is InChI=1S/C19H19BrN4O/c1-25-11-10-21-18-13-17(14-6-3-2-4-7-14)23-19(24-18)22-16-9-5-8-15(20)12-16/h2-9,12-13H,10-11H2,1H3,(H2,21,22,23,24). The Bertz CT molecular complexity index is 827. The lowest BCUT2D eigenvalue weighted by Crippen LogP contribution is -2.10. The number of nitrogens with zero attached hydrogens (tertiary/aromatic N) is 2. The summed E-state index contributed by atoms with van der Waals surface area (Å²) in [6.45, 7) is 1.29. The highest BCUT2D eigenvalue weighted by molar-refractivity contribution is 9.10. The maximum atomic E-state index is 5.09. The van der Waals surface area contributed by atoms with Crippen LogP contribution in [0.4, 0.5) is 17.5 Å². The molecule has 0 aliphatic rings.